The number of hydrogen-bond donors (Lipinski definition) is 2. The molecule has 2 aliphatic rings. The lowest BCUT2D eigenvalue weighted by Crippen LogP contribution is -2.26. The van der Waals surface area contributed by atoms with E-state index < -0.39 is 11.9 Å². The Morgan fingerprint density at radius 1 is 1.26 bits per heavy atom. The van der Waals surface area contributed by atoms with Gasteiger partial charge in [0.2, 0.25) is 11.9 Å². The van der Waals surface area contributed by atoms with E-state index in [0.717, 1.165) is 25.4 Å². The zero-order chi connectivity index (χ0) is 24.1. The molecule has 1 aliphatic heterocycles. The summed E-state index contributed by atoms with van der Waals surface area (Å²) in [5, 5.41) is 7.28. The quantitative estimate of drug-likeness (QED) is 0.541. The predicted molar refractivity (Wildman–Crippen MR) is 127 cm³/mol. The van der Waals surface area contributed by atoms with E-state index in [1.807, 2.05) is 26.0 Å². The number of nitrogens with two attached hydrogens (primary N) is 1. The molecule has 0 saturated carbocycles. The van der Waals surface area contributed by atoms with Crippen molar-refractivity contribution in [1.29, 1.82) is 0 Å². The number of hydrogen-bond acceptors (Lipinski definition) is 8. The van der Waals surface area contributed by atoms with E-state index in [-0.39, 0.29) is 29.3 Å². The van der Waals surface area contributed by atoms with Crippen molar-refractivity contribution in [2.75, 3.05) is 37.3 Å². The van der Waals surface area contributed by atoms with E-state index in [4.69, 9.17) is 15.2 Å². The van der Waals surface area contributed by atoms with Crippen molar-refractivity contribution in [2.45, 2.75) is 38.8 Å². The largest absolute Gasteiger partial charge is 0.491 e. The lowest BCUT2D eigenvalue weighted by Gasteiger charge is -2.21. The summed E-state index contributed by atoms with van der Waals surface area (Å²) in [5.74, 6) is 1.97. The highest BCUT2D eigenvalue weighted by molar-refractivity contribution is 5.67. The number of nitrogens with one attached hydrogen (secondary N) is 1. The lowest BCUT2D eigenvalue weighted by molar-refractivity contribution is 0.173. The van der Waals surface area contributed by atoms with E-state index >= 15 is 0 Å². The molecule has 0 spiro atoms. The van der Waals surface area contributed by atoms with Crippen molar-refractivity contribution in [3.8, 4) is 11.4 Å². The number of ether oxygens (including phenoxy) is 2. The van der Waals surface area contributed by atoms with Crippen LogP contribution in [0.15, 0.2) is 53.6 Å². The predicted octanol–water partition coefficient (Wildman–Crippen LogP) is 3.04. The van der Waals surface area contributed by atoms with Gasteiger partial charge in [-0.3, -0.25) is 4.90 Å². The second-order valence-electron chi connectivity index (χ2n) is 8.44. The summed E-state index contributed by atoms with van der Waals surface area (Å²) in [6.07, 6.45) is 5.53. The van der Waals surface area contributed by atoms with Gasteiger partial charge in [0.05, 0.1) is 17.8 Å². The van der Waals surface area contributed by atoms with Crippen molar-refractivity contribution in [1.82, 2.24) is 19.7 Å². The molecule has 1 aromatic heterocycles. The molecule has 0 radical (unpaired) electrons. The minimum atomic E-state index is -0.805. The fourth-order valence-electron chi connectivity index (χ4n) is 3.91. The van der Waals surface area contributed by atoms with Crippen LogP contribution in [-0.4, -0.2) is 64.0 Å². The molecule has 9 nitrogen and oxygen atoms in total. The highest BCUT2D eigenvalue weighted by Crippen LogP contribution is 2.27. The fourth-order valence-corrected chi connectivity index (χ4v) is 3.91. The molecule has 2 aromatic rings. The van der Waals surface area contributed by atoms with Gasteiger partial charge >= 0.3 is 0 Å². The number of carbonyl (C=O) groups excluding carboxylic acids is 1. The minimum Gasteiger partial charge on any atom is -0.491 e. The third kappa shape index (κ3) is 5.47. The van der Waals surface area contributed by atoms with Gasteiger partial charge in [-0.25, -0.2) is 9.18 Å². The number of benzene rings is 1. The summed E-state index contributed by atoms with van der Waals surface area (Å²) in [4.78, 5) is 18.0. The first-order valence-electron chi connectivity index (χ1n) is 11.4. The van der Waals surface area contributed by atoms with E-state index in [1.165, 1.54) is 23.6 Å². The van der Waals surface area contributed by atoms with Crippen LogP contribution in [-0.2, 0) is 9.53 Å². The Morgan fingerprint density at radius 2 is 2.00 bits per heavy atom. The normalized spacial score (nSPS) is 18.5. The summed E-state index contributed by atoms with van der Waals surface area (Å²) in [5.41, 5.74) is 6.50. The second-order valence-corrected chi connectivity index (χ2v) is 8.44. The van der Waals surface area contributed by atoms with Crippen LogP contribution in [0.5, 0.6) is 5.75 Å². The molecule has 1 atom stereocenters. The van der Waals surface area contributed by atoms with E-state index in [2.05, 4.69) is 20.3 Å². The summed E-state index contributed by atoms with van der Waals surface area (Å²) >= 11 is 0. The highest BCUT2D eigenvalue weighted by Gasteiger charge is 2.27. The Balaban J connectivity index is 1.41. The Bertz CT molecular complexity index is 1110. The monoisotopic (exact) mass is 468 g/mol. The Labute approximate surface area is 197 Å². The molecule has 34 heavy (non-hydrogen) atoms. The van der Waals surface area contributed by atoms with Crippen LogP contribution in [0.3, 0.4) is 0 Å². The molecule has 0 bridgehead atoms. The molecule has 1 saturated heterocycles. The zero-order valence-electron chi connectivity index (χ0n) is 19.3. The van der Waals surface area contributed by atoms with Gasteiger partial charge in [0.1, 0.15) is 23.9 Å². The van der Waals surface area contributed by atoms with Crippen LogP contribution >= 0.6 is 0 Å². The van der Waals surface area contributed by atoms with Crippen LogP contribution in [0.2, 0.25) is 0 Å². The molecule has 1 fully saturated rings. The van der Waals surface area contributed by atoms with Crippen LogP contribution in [0.1, 0.15) is 26.7 Å². The fraction of sp³-hybridized carbons (Fsp3) is 0.417. The molecule has 180 valence electrons. The Hall–Kier alpha value is -3.62. The molecule has 3 N–H and O–H groups in total. The van der Waals surface area contributed by atoms with Gasteiger partial charge in [-0.05, 0) is 70.1 Å². The summed E-state index contributed by atoms with van der Waals surface area (Å²) in [7, 11) is 0. The topological polar surface area (TPSA) is 108 Å². The summed E-state index contributed by atoms with van der Waals surface area (Å²) < 4.78 is 27.6. The molecular weight excluding hydrogens is 439 g/mol. The SMILES string of the molecule is CC(C)Oc1ccc(-n2nc(NC3C=CC(OCCN4CCCC4)=C(F)C3=C=O)nc2N)cc1. The van der Waals surface area contributed by atoms with Crippen molar-refractivity contribution in [2.24, 2.45) is 0 Å². The molecule has 10 heteroatoms. The third-order valence-corrected chi connectivity index (χ3v) is 5.55. The maximum Gasteiger partial charge on any atom is 0.245 e. The summed E-state index contributed by atoms with van der Waals surface area (Å²) in [6, 6.07) is 6.43. The second kappa shape index (κ2) is 10.5. The summed E-state index contributed by atoms with van der Waals surface area (Å²) in [6.45, 7) is 7.03. The van der Waals surface area contributed by atoms with Gasteiger partial charge < -0.3 is 20.5 Å². The van der Waals surface area contributed by atoms with Gasteiger partial charge in [-0.15, -0.1) is 5.10 Å². The smallest absolute Gasteiger partial charge is 0.245 e. The van der Waals surface area contributed by atoms with Gasteiger partial charge in [0.25, 0.3) is 0 Å². The average molecular weight is 469 g/mol. The van der Waals surface area contributed by atoms with Crippen molar-refractivity contribution >= 4 is 17.8 Å². The van der Waals surface area contributed by atoms with Gasteiger partial charge in [0.15, 0.2) is 11.6 Å². The number of halogens is 1. The lowest BCUT2D eigenvalue weighted by atomic mass is 10.0. The van der Waals surface area contributed by atoms with Crippen LogP contribution in [0, 0.1) is 0 Å². The zero-order valence-corrected chi connectivity index (χ0v) is 19.3. The van der Waals surface area contributed by atoms with Gasteiger partial charge in [-0.1, -0.05) is 6.08 Å². The number of allylic oxidation sites excluding steroid dienone is 1. The van der Waals surface area contributed by atoms with Crippen molar-refractivity contribution in [3.05, 3.63) is 53.6 Å². The van der Waals surface area contributed by atoms with Crippen LogP contribution in [0.4, 0.5) is 16.3 Å². The van der Waals surface area contributed by atoms with E-state index in [1.54, 1.807) is 24.2 Å². The Kier molecular flexibility index (Phi) is 7.30. The van der Waals surface area contributed by atoms with Gasteiger partial charge in [0, 0.05) is 6.54 Å². The van der Waals surface area contributed by atoms with Crippen LogP contribution in [0.25, 0.3) is 5.69 Å². The maximum absolute atomic E-state index is 14.9. The molecule has 0 amide bonds. The number of likely N-dealkylation sites (tertiary alicyclic amines) is 1. The van der Waals surface area contributed by atoms with E-state index in [9.17, 15) is 9.18 Å². The standard InChI is InChI=1S/C24H29FN6O3/c1-16(2)34-18-7-5-17(6-8-18)31-23(26)28-24(29-31)27-20-9-10-21(22(25)19(20)15-32)33-14-13-30-11-3-4-12-30/h5-10,16,20H,3-4,11-14H2,1-2H3,(H3,26,27,28,29). The molecule has 4 rings (SSSR count). The molecule has 1 unspecified atom stereocenters. The van der Waals surface area contributed by atoms with Crippen LogP contribution < -0.4 is 15.8 Å². The molecule has 1 aromatic carbocycles. The number of rotatable bonds is 9. The third-order valence-electron chi connectivity index (χ3n) is 5.55. The average Bonchev–Trinajstić information content (AvgIpc) is 3.45. The Morgan fingerprint density at radius 3 is 2.68 bits per heavy atom. The number of nitrogens with zero attached hydrogens (tertiary/aromatic N) is 4. The number of aromatic nitrogens is 3. The molecular formula is C24H29FN6O3. The van der Waals surface area contributed by atoms with Crippen molar-refractivity contribution < 1.29 is 18.7 Å². The first-order chi connectivity index (χ1) is 16.4. The van der Waals surface area contributed by atoms with Crippen molar-refractivity contribution in [3.63, 3.8) is 0 Å². The molecule has 1 aliphatic carbocycles. The maximum atomic E-state index is 14.9. The number of anilines is 2. The number of nitrogen functional groups attached to an aromatic ring is 1. The highest BCUT2D eigenvalue weighted by atomic mass is 19.1. The minimum absolute atomic E-state index is 0.0253. The first kappa shape index (κ1) is 23.5. The molecule has 2 heterocycles. The first-order valence-corrected chi connectivity index (χ1v) is 11.4. The van der Waals surface area contributed by atoms with E-state index in [0.29, 0.717) is 12.3 Å². The van der Waals surface area contributed by atoms with Gasteiger partial charge in [-0.2, -0.15) is 9.67 Å².